The van der Waals surface area contributed by atoms with E-state index in [1.807, 2.05) is 12.1 Å². The second-order valence-electron chi connectivity index (χ2n) is 4.85. The summed E-state index contributed by atoms with van der Waals surface area (Å²) in [6.07, 6.45) is 0.892. The number of benzene rings is 1. The van der Waals surface area contributed by atoms with Crippen molar-refractivity contribution >= 4 is 39.1 Å². The predicted octanol–water partition coefficient (Wildman–Crippen LogP) is 3.48. The van der Waals surface area contributed by atoms with Gasteiger partial charge < -0.3 is 10.6 Å². The third-order valence-electron chi connectivity index (χ3n) is 3.06. The molecule has 7 heteroatoms. The van der Waals surface area contributed by atoms with Gasteiger partial charge in [0.1, 0.15) is 5.82 Å². The van der Waals surface area contributed by atoms with E-state index in [4.69, 9.17) is 0 Å². The molecule has 2 rings (SSSR count). The summed E-state index contributed by atoms with van der Waals surface area (Å²) in [4.78, 5) is 24.6. The van der Waals surface area contributed by atoms with Crippen LogP contribution in [-0.4, -0.2) is 18.4 Å². The summed E-state index contributed by atoms with van der Waals surface area (Å²) in [5, 5.41) is 5.54. The third-order valence-corrected chi connectivity index (χ3v) is 4.68. The first-order valence-corrected chi connectivity index (χ1v) is 8.70. The minimum Gasteiger partial charge on any atom is -0.352 e. The largest absolute Gasteiger partial charge is 0.352 e. The van der Waals surface area contributed by atoms with Crippen molar-refractivity contribution in [3.8, 4) is 0 Å². The summed E-state index contributed by atoms with van der Waals surface area (Å²) >= 11 is 4.95. The van der Waals surface area contributed by atoms with Gasteiger partial charge in [-0.05, 0) is 58.7 Å². The number of carbonyl (C=O) groups is 2. The van der Waals surface area contributed by atoms with Crippen LogP contribution in [0.3, 0.4) is 0 Å². The minimum absolute atomic E-state index is 0.0504. The van der Waals surface area contributed by atoms with E-state index in [2.05, 4.69) is 26.6 Å². The number of amides is 2. The summed E-state index contributed by atoms with van der Waals surface area (Å²) in [6.45, 7) is 0.908. The van der Waals surface area contributed by atoms with Crippen molar-refractivity contribution in [2.75, 3.05) is 6.54 Å². The average molecular weight is 399 g/mol. The number of hydrogen-bond acceptors (Lipinski definition) is 3. The number of carbonyl (C=O) groups excluding carboxylic acids is 2. The van der Waals surface area contributed by atoms with E-state index in [0.717, 1.165) is 8.66 Å². The van der Waals surface area contributed by atoms with Gasteiger partial charge in [0.15, 0.2) is 0 Å². The number of hydrogen-bond donors (Lipinski definition) is 2. The zero-order chi connectivity index (χ0) is 16.7. The van der Waals surface area contributed by atoms with Crippen LogP contribution in [0, 0.1) is 5.82 Å². The lowest BCUT2D eigenvalue weighted by molar-refractivity contribution is -0.121. The molecule has 0 atom stereocenters. The Kier molecular flexibility index (Phi) is 6.73. The molecule has 0 radical (unpaired) electrons. The van der Waals surface area contributed by atoms with Crippen LogP contribution < -0.4 is 10.6 Å². The van der Waals surface area contributed by atoms with Crippen molar-refractivity contribution in [1.29, 1.82) is 0 Å². The summed E-state index contributed by atoms with van der Waals surface area (Å²) in [5.41, 5.74) is 0.402. The lowest BCUT2D eigenvalue weighted by Crippen LogP contribution is -2.27. The van der Waals surface area contributed by atoms with Gasteiger partial charge in [-0.3, -0.25) is 9.59 Å². The fourth-order valence-electron chi connectivity index (χ4n) is 1.88. The molecule has 122 valence electrons. The van der Waals surface area contributed by atoms with E-state index >= 15 is 0 Å². The Labute approximate surface area is 146 Å². The number of thiophene rings is 1. The number of nitrogens with one attached hydrogen (secondary N) is 2. The van der Waals surface area contributed by atoms with Crippen molar-refractivity contribution in [2.45, 2.75) is 19.4 Å². The van der Waals surface area contributed by atoms with Crippen molar-refractivity contribution < 1.29 is 14.0 Å². The average Bonchev–Trinajstić information content (AvgIpc) is 2.95. The zero-order valence-electron chi connectivity index (χ0n) is 12.3. The second kappa shape index (κ2) is 8.79. The maximum Gasteiger partial charge on any atom is 0.251 e. The molecule has 0 saturated heterocycles. The SMILES string of the molecule is O=C(CCCNC(=O)c1ccc(F)cc1)NCc1ccc(Br)s1. The highest BCUT2D eigenvalue weighted by molar-refractivity contribution is 9.11. The summed E-state index contributed by atoms with van der Waals surface area (Å²) in [7, 11) is 0. The summed E-state index contributed by atoms with van der Waals surface area (Å²) in [6, 6.07) is 9.23. The highest BCUT2D eigenvalue weighted by Crippen LogP contribution is 2.21. The summed E-state index contributed by atoms with van der Waals surface area (Å²) in [5.74, 6) is -0.699. The molecule has 0 aliphatic rings. The maximum atomic E-state index is 12.8. The molecule has 0 saturated carbocycles. The van der Waals surface area contributed by atoms with Crippen LogP contribution >= 0.6 is 27.3 Å². The normalized spacial score (nSPS) is 10.3. The fraction of sp³-hybridized carbons (Fsp3) is 0.250. The van der Waals surface area contributed by atoms with Crippen LogP contribution in [0.15, 0.2) is 40.2 Å². The Hall–Kier alpha value is -1.73. The smallest absolute Gasteiger partial charge is 0.251 e. The topological polar surface area (TPSA) is 58.2 Å². The lowest BCUT2D eigenvalue weighted by atomic mass is 10.2. The van der Waals surface area contributed by atoms with Crippen LogP contribution in [0.4, 0.5) is 4.39 Å². The van der Waals surface area contributed by atoms with Gasteiger partial charge in [0.25, 0.3) is 5.91 Å². The minimum atomic E-state index is -0.379. The zero-order valence-corrected chi connectivity index (χ0v) is 14.7. The Morgan fingerprint density at radius 1 is 1.09 bits per heavy atom. The standard InChI is InChI=1S/C16H16BrFN2O2S/c17-14-8-7-13(23-14)10-20-15(21)2-1-9-19-16(22)11-3-5-12(18)6-4-11/h3-8H,1-2,9-10H2,(H,19,22)(H,20,21). The Bertz CT molecular complexity index is 673. The van der Waals surface area contributed by atoms with Crippen LogP contribution in [0.25, 0.3) is 0 Å². The molecular weight excluding hydrogens is 383 g/mol. The van der Waals surface area contributed by atoms with E-state index in [1.165, 1.54) is 24.3 Å². The van der Waals surface area contributed by atoms with E-state index < -0.39 is 0 Å². The van der Waals surface area contributed by atoms with Gasteiger partial charge in [-0.2, -0.15) is 0 Å². The maximum absolute atomic E-state index is 12.8. The monoisotopic (exact) mass is 398 g/mol. The first kappa shape index (κ1) is 17.6. The van der Waals surface area contributed by atoms with Gasteiger partial charge >= 0.3 is 0 Å². The van der Waals surface area contributed by atoms with Crippen molar-refractivity contribution in [2.24, 2.45) is 0 Å². The predicted molar refractivity (Wildman–Crippen MR) is 91.8 cm³/mol. The third kappa shape index (κ3) is 6.11. The van der Waals surface area contributed by atoms with Gasteiger partial charge in [-0.1, -0.05) is 0 Å². The van der Waals surface area contributed by atoms with E-state index in [1.54, 1.807) is 11.3 Å². The molecule has 4 nitrogen and oxygen atoms in total. The Balaban J connectivity index is 1.62. The van der Waals surface area contributed by atoms with Crippen LogP contribution in [0.5, 0.6) is 0 Å². The van der Waals surface area contributed by atoms with E-state index in [0.29, 0.717) is 31.5 Å². The molecule has 0 unspecified atom stereocenters. The highest BCUT2D eigenvalue weighted by atomic mass is 79.9. The van der Waals surface area contributed by atoms with Crippen LogP contribution in [0.1, 0.15) is 28.1 Å². The fourth-order valence-corrected chi connectivity index (χ4v) is 3.30. The number of rotatable bonds is 7. The molecular formula is C16H16BrFN2O2S. The van der Waals surface area contributed by atoms with Gasteiger partial charge in [0, 0.05) is 23.4 Å². The molecule has 23 heavy (non-hydrogen) atoms. The molecule has 2 amide bonds. The quantitative estimate of drug-likeness (QED) is 0.701. The molecule has 1 heterocycles. The van der Waals surface area contributed by atoms with E-state index in [-0.39, 0.29) is 17.6 Å². The first-order chi connectivity index (χ1) is 11.0. The molecule has 1 aromatic carbocycles. The van der Waals surface area contributed by atoms with Crippen LogP contribution in [-0.2, 0) is 11.3 Å². The Morgan fingerprint density at radius 3 is 2.48 bits per heavy atom. The van der Waals surface area contributed by atoms with Crippen molar-refractivity contribution in [3.63, 3.8) is 0 Å². The molecule has 0 aliphatic heterocycles. The molecule has 2 N–H and O–H groups in total. The van der Waals surface area contributed by atoms with Crippen LogP contribution in [0.2, 0.25) is 0 Å². The molecule has 0 fully saturated rings. The Morgan fingerprint density at radius 2 is 1.83 bits per heavy atom. The lowest BCUT2D eigenvalue weighted by Gasteiger charge is -2.06. The first-order valence-electron chi connectivity index (χ1n) is 7.09. The molecule has 2 aromatic rings. The van der Waals surface area contributed by atoms with Crippen molar-refractivity contribution in [3.05, 3.63) is 56.4 Å². The molecule has 0 spiro atoms. The highest BCUT2D eigenvalue weighted by Gasteiger charge is 2.06. The second-order valence-corrected chi connectivity index (χ2v) is 7.40. The molecule has 0 aliphatic carbocycles. The number of halogens is 2. The van der Waals surface area contributed by atoms with Gasteiger partial charge in [-0.15, -0.1) is 11.3 Å². The van der Waals surface area contributed by atoms with E-state index in [9.17, 15) is 14.0 Å². The van der Waals surface area contributed by atoms with Gasteiger partial charge in [0.2, 0.25) is 5.91 Å². The van der Waals surface area contributed by atoms with Gasteiger partial charge in [0.05, 0.1) is 10.3 Å². The van der Waals surface area contributed by atoms with Crippen molar-refractivity contribution in [1.82, 2.24) is 10.6 Å². The van der Waals surface area contributed by atoms with Gasteiger partial charge in [-0.25, -0.2) is 4.39 Å². The summed E-state index contributed by atoms with van der Waals surface area (Å²) < 4.78 is 13.8. The molecule has 1 aromatic heterocycles. The molecule has 0 bridgehead atoms.